The number of hydrogen-bond acceptors (Lipinski definition) is 5. The molecule has 1 unspecified atom stereocenters. The van der Waals surface area contributed by atoms with Crippen LogP contribution in [0.3, 0.4) is 0 Å². The Morgan fingerprint density at radius 2 is 2.00 bits per heavy atom. The van der Waals surface area contributed by atoms with E-state index in [1.165, 1.54) is 20.4 Å². The lowest BCUT2D eigenvalue weighted by molar-refractivity contribution is 0.171. The van der Waals surface area contributed by atoms with Gasteiger partial charge in [0.05, 0.1) is 32.2 Å². The van der Waals surface area contributed by atoms with Gasteiger partial charge in [-0.1, -0.05) is 18.2 Å². The molecule has 1 atom stereocenters. The Morgan fingerprint density at radius 3 is 2.65 bits per heavy atom. The normalized spacial score (nSPS) is 11.4. The Labute approximate surface area is 134 Å². The first kappa shape index (κ1) is 16.6. The number of rotatable bonds is 6. The third-order valence-corrected chi connectivity index (χ3v) is 3.16. The fourth-order valence-electron chi connectivity index (χ4n) is 1.99. The highest BCUT2D eigenvalue weighted by Gasteiger charge is 2.13. The van der Waals surface area contributed by atoms with Crippen molar-refractivity contribution in [2.24, 2.45) is 0 Å². The van der Waals surface area contributed by atoms with Gasteiger partial charge in [0.1, 0.15) is 5.75 Å². The van der Waals surface area contributed by atoms with Gasteiger partial charge in [0.15, 0.2) is 0 Å². The number of nitrogens with zero attached hydrogens (tertiary/aromatic N) is 1. The molecule has 0 radical (unpaired) electrons. The van der Waals surface area contributed by atoms with Crippen LogP contribution in [0, 0.1) is 0 Å². The molecule has 3 N–H and O–H groups in total. The number of benzene rings is 1. The summed E-state index contributed by atoms with van der Waals surface area (Å²) >= 11 is 0. The number of urea groups is 1. The zero-order valence-corrected chi connectivity index (χ0v) is 12.9. The number of aliphatic hydroxyl groups is 1. The second-order valence-corrected chi connectivity index (χ2v) is 4.68. The van der Waals surface area contributed by atoms with Crippen LogP contribution >= 0.6 is 0 Å². The Balaban J connectivity index is 1.88. The summed E-state index contributed by atoms with van der Waals surface area (Å²) < 4.78 is 10.1. The first-order chi connectivity index (χ1) is 11.1. The van der Waals surface area contributed by atoms with E-state index in [1.807, 2.05) is 6.07 Å². The Hall–Kier alpha value is -2.80. The fourth-order valence-corrected chi connectivity index (χ4v) is 1.99. The van der Waals surface area contributed by atoms with E-state index in [9.17, 15) is 9.90 Å². The van der Waals surface area contributed by atoms with Gasteiger partial charge in [-0.25, -0.2) is 9.78 Å². The number of aromatic nitrogens is 1. The average Bonchev–Trinajstić information content (AvgIpc) is 2.60. The standard InChI is InChI=1S/C16H19N3O4/c1-22-14-6-4-3-5-12(14)13(20)10-18-16(21)19-11-7-8-15(23-2)17-9-11/h3-9,13,20H,10H2,1-2H3,(H2,18,19,21). The van der Waals surface area contributed by atoms with Crippen LogP contribution in [-0.2, 0) is 0 Å². The highest BCUT2D eigenvalue weighted by molar-refractivity contribution is 5.89. The zero-order valence-electron chi connectivity index (χ0n) is 12.9. The summed E-state index contributed by atoms with van der Waals surface area (Å²) in [5, 5.41) is 15.4. The largest absolute Gasteiger partial charge is 0.496 e. The van der Waals surface area contributed by atoms with E-state index in [-0.39, 0.29) is 6.54 Å². The molecule has 23 heavy (non-hydrogen) atoms. The molecule has 0 aliphatic carbocycles. The summed E-state index contributed by atoms with van der Waals surface area (Å²) in [5.41, 5.74) is 1.14. The lowest BCUT2D eigenvalue weighted by Crippen LogP contribution is -2.32. The second kappa shape index (κ2) is 8.00. The lowest BCUT2D eigenvalue weighted by atomic mass is 10.1. The van der Waals surface area contributed by atoms with Crippen molar-refractivity contribution in [1.82, 2.24) is 10.3 Å². The Bertz CT molecular complexity index is 646. The number of carbonyl (C=O) groups excluding carboxylic acids is 1. The van der Waals surface area contributed by atoms with E-state index in [0.29, 0.717) is 22.9 Å². The maximum Gasteiger partial charge on any atom is 0.319 e. The molecule has 0 saturated carbocycles. The van der Waals surface area contributed by atoms with Gasteiger partial charge in [-0.3, -0.25) is 0 Å². The van der Waals surface area contributed by atoms with E-state index in [2.05, 4.69) is 15.6 Å². The van der Waals surface area contributed by atoms with Crippen LogP contribution in [-0.4, -0.2) is 36.9 Å². The molecule has 1 heterocycles. The number of carbonyl (C=O) groups is 1. The molecular formula is C16H19N3O4. The van der Waals surface area contributed by atoms with Gasteiger partial charge in [0, 0.05) is 18.2 Å². The smallest absolute Gasteiger partial charge is 0.319 e. The molecular weight excluding hydrogens is 298 g/mol. The van der Waals surface area contributed by atoms with Crippen molar-refractivity contribution in [1.29, 1.82) is 0 Å². The molecule has 1 aromatic carbocycles. The molecule has 0 fully saturated rings. The molecule has 0 aliphatic heterocycles. The van der Waals surface area contributed by atoms with Gasteiger partial charge in [-0.05, 0) is 12.1 Å². The summed E-state index contributed by atoms with van der Waals surface area (Å²) in [7, 11) is 3.05. The Kier molecular flexibility index (Phi) is 5.76. The zero-order chi connectivity index (χ0) is 16.7. The van der Waals surface area contributed by atoms with Crippen LogP contribution in [0.2, 0.25) is 0 Å². The number of ether oxygens (including phenoxy) is 2. The lowest BCUT2D eigenvalue weighted by Gasteiger charge is -2.15. The van der Waals surface area contributed by atoms with Crippen LogP contribution in [0.15, 0.2) is 42.6 Å². The number of hydrogen-bond donors (Lipinski definition) is 3. The van der Waals surface area contributed by atoms with Gasteiger partial charge in [-0.15, -0.1) is 0 Å². The molecule has 0 saturated heterocycles. The number of anilines is 1. The molecule has 2 aromatic rings. The number of pyridine rings is 1. The van der Waals surface area contributed by atoms with Crippen LogP contribution in [0.25, 0.3) is 0 Å². The molecule has 0 spiro atoms. The predicted molar refractivity (Wildman–Crippen MR) is 85.8 cm³/mol. The third-order valence-electron chi connectivity index (χ3n) is 3.16. The molecule has 0 aliphatic rings. The summed E-state index contributed by atoms with van der Waals surface area (Å²) in [6.45, 7) is 0.0514. The highest BCUT2D eigenvalue weighted by Crippen LogP contribution is 2.24. The van der Waals surface area contributed by atoms with Gasteiger partial charge < -0.3 is 25.2 Å². The Morgan fingerprint density at radius 1 is 1.22 bits per heavy atom. The summed E-state index contributed by atoms with van der Waals surface area (Å²) in [4.78, 5) is 15.8. The minimum Gasteiger partial charge on any atom is -0.496 e. The van der Waals surface area contributed by atoms with Gasteiger partial charge in [-0.2, -0.15) is 0 Å². The number of aliphatic hydroxyl groups excluding tert-OH is 1. The number of para-hydroxylation sites is 1. The fraction of sp³-hybridized carbons (Fsp3) is 0.250. The SMILES string of the molecule is COc1ccc(NC(=O)NCC(O)c2ccccc2OC)cn1. The third kappa shape index (κ3) is 4.58. The van der Waals surface area contributed by atoms with Crippen LogP contribution < -0.4 is 20.1 Å². The quantitative estimate of drug-likeness (QED) is 0.757. The summed E-state index contributed by atoms with van der Waals surface area (Å²) in [5.74, 6) is 1.03. The van der Waals surface area contributed by atoms with E-state index < -0.39 is 12.1 Å². The minimum atomic E-state index is -0.870. The van der Waals surface area contributed by atoms with E-state index in [0.717, 1.165) is 0 Å². The predicted octanol–water partition coefficient (Wildman–Crippen LogP) is 1.95. The van der Waals surface area contributed by atoms with Crippen molar-refractivity contribution in [2.75, 3.05) is 26.1 Å². The van der Waals surface area contributed by atoms with Gasteiger partial charge >= 0.3 is 6.03 Å². The van der Waals surface area contributed by atoms with Gasteiger partial charge in [0.25, 0.3) is 0 Å². The average molecular weight is 317 g/mol. The number of nitrogens with one attached hydrogen (secondary N) is 2. The number of methoxy groups -OCH3 is 2. The van der Waals surface area contributed by atoms with Crippen molar-refractivity contribution < 1.29 is 19.4 Å². The first-order valence-corrected chi connectivity index (χ1v) is 7.00. The molecule has 2 amide bonds. The van der Waals surface area contributed by atoms with Crippen molar-refractivity contribution in [2.45, 2.75) is 6.10 Å². The van der Waals surface area contributed by atoms with Crippen molar-refractivity contribution >= 4 is 11.7 Å². The van der Waals surface area contributed by atoms with Crippen LogP contribution in [0.1, 0.15) is 11.7 Å². The molecule has 7 nitrogen and oxygen atoms in total. The van der Waals surface area contributed by atoms with Crippen LogP contribution in [0.4, 0.5) is 10.5 Å². The van der Waals surface area contributed by atoms with E-state index in [1.54, 1.807) is 30.3 Å². The highest BCUT2D eigenvalue weighted by atomic mass is 16.5. The monoisotopic (exact) mass is 317 g/mol. The maximum absolute atomic E-state index is 11.8. The van der Waals surface area contributed by atoms with Crippen molar-refractivity contribution in [3.8, 4) is 11.6 Å². The van der Waals surface area contributed by atoms with E-state index in [4.69, 9.17) is 9.47 Å². The van der Waals surface area contributed by atoms with E-state index >= 15 is 0 Å². The maximum atomic E-state index is 11.8. The number of amides is 2. The first-order valence-electron chi connectivity index (χ1n) is 7.00. The van der Waals surface area contributed by atoms with Crippen LogP contribution in [0.5, 0.6) is 11.6 Å². The molecule has 2 rings (SSSR count). The summed E-state index contributed by atoms with van der Waals surface area (Å²) in [6.07, 6.45) is 0.612. The summed E-state index contributed by atoms with van der Waals surface area (Å²) in [6, 6.07) is 9.97. The minimum absolute atomic E-state index is 0.0514. The molecule has 1 aromatic heterocycles. The van der Waals surface area contributed by atoms with Crippen molar-refractivity contribution in [3.63, 3.8) is 0 Å². The molecule has 122 valence electrons. The topological polar surface area (TPSA) is 92.7 Å². The second-order valence-electron chi connectivity index (χ2n) is 4.68. The molecule has 7 heteroatoms. The van der Waals surface area contributed by atoms with Gasteiger partial charge in [0.2, 0.25) is 5.88 Å². The molecule has 0 bridgehead atoms. The van der Waals surface area contributed by atoms with Crippen molar-refractivity contribution in [3.05, 3.63) is 48.2 Å².